The fourth-order valence-corrected chi connectivity index (χ4v) is 3.37. The van der Waals surface area contributed by atoms with Crippen LogP contribution in [0.15, 0.2) is 30.6 Å². The van der Waals surface area contributed by atoms with E-state index >= 15 is 0 Å². The van der Waals surface area contributed by atoms with Crippen molar-refractivity contribution in [2.24, 2.45) is 5.92 Å². The van der Waals surface area contributed by atoms with Crippen LogP contribution in [0.2, 0.25) is 0 Å². The van der Waals surface area contributed by atoms with E-state index in [0.29, 0.717) is 28.5 Å². The number of aromatic nitrogens is 1. The molecule has 30 heavy (non-hydrogen) atoms. The van der Waals surface area contributed by atoms with Crippen LogP contribution in [0.1, 0.15) is 46.6 Å². The Balaban J connectivity index is 1.69. The molecule has 2 heterocycles. The standard InChI is InChI=1S/C23H29FN2O4/c1-14(2)8-16(26-22(27)30-23(3,4)5)13-28-17-6-7-18-20(9-17)29-12-15-10-25-11-19(24)21(15)18/h6-7,9-11,14,16H,8,12-13H2,1-5H3,(H,26,27)/t16-/m0/s1. The summed E-state index contributed by atoms with van der Waals surface area (Å²) >= 11 is 0. The summed E-state index contributed by atoms with van der Waals surface area (Å²) in [5.74, 6) is 1.15. The smallest absolute Gasteiger partial charge is 0.407 e. The van der Waals surface area contributed by atoms with E-state index in [9.17, 15) is 9.18 Å². The molecular weight excluding hydrogens is 387 g/mol. The van der Waals surface area contributed by atoms with Gasteiger partial charge in [0.1, 0.15) is 36.1 Å². The highest BCUT2D eigenvalue weighted by atomic mass is 19.1. The molecule has 0 fully saturated rings. The second-order valence-corrected chi connectivity index (χ2v) is 8.89. The largest absolute Gasteiger partial charge is 0.491 e. The van der Waals surface area contributed by atoms with Gasteiger partial charge >= 0.3 is 6.09 Å². The maximum absolute atomic E-state index is 14.3. The van der Waals surface area contributed by atoms with Crippen molar-refractivity contribution in [2.75, 3.05) is 6.61 Å². The number of alkyl carbamates (subject to hydrolysis) is 1. The summed E-state index contributed by atoms with van der Waals surface area (Å²) < 4.78 is 31.3. The molecule has 0 aliphatic carbocycles. The van der Waals surface area contributed by atoms with Gasteiger partial charge in [0.25, 0.3) is 0 Å². The number of carbonyl (C=O) groups excluding carboxylic acids is 1. The minimum absolute atomic E-state index is 0.207. The molecular formula is C23H29FN2O4. The van der Waals surface area contributed by atoms with E-state index in [1.165, 1.54) is 6.20 Å². The van der Waals surface area contributed by atoms with E-state index in [-0.39, 0.29) is 25.1 Å². The molecule has 1 atom stereocenters. The average molecular weight is 416 g/mol. The Bertz CT molecular complexity index is 909. The Morgan fingerprint density at radius 2 is 2.07 bits per heavy atom. The van der Waals surface area contributed by atoms with Crippen molar-refractivity contribution >= 4 is 6.09 Å². The van der Waals surface area contributed by atoms with Crippen LogP contribution in [0.3, 0.4) is 0 Å². The van der Waals surface area contributed by atoms with Gasteiger partial charge in [-0.25, -0.2) is 9.18 Å². The van der Waals surface area contributed by atoms with E-state index in [0.717, 1.165) is 12.0 Å². The number of fused-ring (bicyclic) bond motifs is 3. The van der Waals surface area contributed by atoms with E-state index in [1.54, 1.807) is 24.4 Å². The van der Waals surface area contributed by atoms with Crippen molar-refractivity contribution in [3.05, 3.63) is 42.0 Å². The SMILES string of the molecule is CC(C)C[C@@H](COc1ccc2c(c1)OCc1cncc(F)c1-2)NC(=O)OC(C)(C)C. The lowest BCUT2D eigenvalue weighted by Crippen LogP contribution is -2.42. The number of pyridine rings is 1. The van der Waals surface area contributed by atoms with Gasteiger partial charge in [-0.2, -0.15) is 0 Å². The van der Waals surface area contributed by atoms with Gasteiger partial charge in [0.05, 0.1) is 12.2 Å². The number of ether oxygens (including phenoxy) is 3. The molecule has 0 unspecified atom stereocenters. The molecule has 0 saturated heterocycles. The predicted octanol–water partition coefficient (Wildman–Crippen LogP) is 5.10. The van der Waals surface area contributed by atoms with Crippen LogP contribution in [0.4, 0.5) is 9.18 Å². The van der Waals surface area contributed by atoms with Gasteiger partial charge in [0.2, 0.25) is 0 Å². The third-order valence-corrected chi connectivity index (χ3v) is 4.51. The molecule has 6 nitrogen and oxygen atoms in total. The van der Waals surface area contributed by atoms with Crippen molar-refractivity contribution in [3.63, 3.8) is 0 Å². The molecule has 7 heteroatoms. The Morgan fingerprint density at radius 1 is 1.30 bits per heavy atom. The van der Waals surface area contributed by atoms with E-state index in [1.807, 2.05) is 20.8 Å². The molecule has 3 rings (SSSR count). The Hall–Kier alpha value is -2.83. The molecule has 0 radical (unpaired) electrons. The average Bonchev–Trinajstić information content (AvgIpc) is 2.64. The summed E-state index contributed by atoms with van der Waals surface area (Å²) in [7, 11) is 0. The number of benzene rings is 1. The third kappa shape index (κ3) is 5.62. The molecule has 1 aromatic heterocycles. The maximum atomic E-state index is 14.3. The molecule has 0 saturated carbocycles. The van der Waals surface area contributed by atoms with Crippen LogP contribution in [-0.2, 0) is 11.3 Å². The van der Waals surface area contributed by atoms with Crippen molar-refractivity contribution in [1.82, 2.24) is 10.3 Å². The zero-order valence-corrected chi connectivity index (χ0v) is 18.1. The van der Waals surface area contributed by atoms with Gasteiger partial charge in [0.15, 0.2) is 0 Å². The summed E-state index contributed by atoms with van der Waals surface area (Å²) in [4.78, 5) is 16.0. The van der Waals surface area contributed by atoms with Crippen LogP contribution in [-0.4, -0.2) is 29.3 Å². The Morgan fingerprint density at radius 3 is 2.77 bits per heavy atom. The van der Waals surface area contributed by atoms with Crippen molar-refractivity contribution in [1.29, 1.82) is 0 Å². The van der Waals surface area contributed by atoms with Crippen LogP contribution >= 0.6 is 0 Å². The van der Waals surface area contributed by atoms with Gasteiger partial charge < -0.3 is 19.5 Å². The lowest BCUT2D eigenvalue weighted by molar-refractivity contribution is 0.0480. The molecule has 0 spiro atoms. The van der Waals surface area contributed by atoms with Crippen LogP contribution < -0.4 is 14.8 Å². The maximum Gasteiger partial charge on any atom is 0.407 e. The first-order valence-electron chi connectivity index (χ1n) is 10.1. The van der Waals surface area contributed by atoms with E-state index < -0.39 is 11.7 Å². The number of halogens is 1. The summed E-state index contributed by atoms with van der Waals surface area (Å²) in [5, 5.41) is 2.88. The summed E-state index contributed by atoms with van der Waals surface area (Å²) in [6.07, 6.45) is 3.10. The van der Waals surface area contributed by atoms with Gasteiger partial charge in [-0.3, -0.25) is 4.98 Å². The number of rotatable bonds is 6. The summed E-state index contributed by atoms with van der Waals surface area (Å²) in [6.45, 7) is 10.2. The molecule has 162 valence electrons. The quantitative estimate of drug-likeness (QED) is 0.710. The molecule has 1 N–H and O–H groups in total. The molecule has 1 aliphatic heterocycles. The van der Waals surface area contributed by atoms with Gasteiger partial charge in [-0.15, -0.1) is 0 Å². The number of hydrogen-bond acceptors (Lipinski definition) is 5. The fourth-order valence-electron chi connectivity index (χ4n) is 3.37. The molecule has 1 amide bonds. The highest BCUT2D eigenvalue weighted by Crippen LogP contribution is 2.40. The van der Waals surface area contributed by atoms with Crippen molar-refractivity contribution in [2.45, 2.75) is 59.3 Å². The summed E-state index contributed by atoms with van der Waals surface area (Å²) in [5.41, 5.74) is 1.34. The minimum atomic E-state index is -0.565. The molecule has 1 aliphatic rings. The van der Waals surface area contributed by atoms with Gasteiger partial charge in [-0.05, 0) is 45.2 Å². The van der Waals surface area contributed by atoms with E-state index in [2.05, 4.69) is 24.1 Å². The lowest BCUT2D eigenvalue weighted by atomic mass is 9.98. The summed E-state index contributed by atoms with van der Waals surface area (Å²) in [6, 6.07) is 5.10. The molecule has 0 bridgehead atoms. The first kappa shape index (κ1) is 21.9. The normalized spacial score (nSPS) is 13.7. The van der Waals surface area contributed by atoms with Crippen molar-refractivity contribution in [3.8, 4) is 22.6 Å². The Labute approximate surface area is 176 Å². The highest BCUT2D eigenvalue weighted by Gasteiger charge is 2.23. The zero-order valence-electron chi connectivity index (χ0n) is 18.1. The second-order valence-electron chi connectivity index (χ2n) is 8.89. The zero-order chi connectivity index (χ0) is 21.9. The fraction of sp³-hybridized carbons (Fsp3) is 0.478. The first-order chi connectivity index (χ1) is 14.1. The number of nitrogens with one attached hydrogen (secondary N) is 1. The van der Waals surface area contributed by atoms with Gasteiger partial charge in [-0.1, -0.05) is 13.8 Å². The minimum Gasteiger partial charge on any atom is -0.491 e. The number of carbonyl (C=O) groups is 1. The first-order valence-corrected chi connectivity index (χ1v) is 10.1. The predicted molar refractivity (Wildman–Crippen MR) is 112 cm³/mol. The van der Waals surface area contributed by atoms with Crippen LogP contribution in [0.25, 0.3) is 11.1 Å². The van der Waals surface area contributed by atoms with Crippen molar-refractivity contribution < 1.29 is 23.4 Å². The molecule has 1 aromatic carbocycles. The van der Waals surface area contributed by atoms with Crippen LogP contribution in [0, 0.1) is 11.7 Å². The monoisotopic (exact) mass is 416 g/mol. The number of amides is 1. The lowest BCUT2D eigenvalue weighted by Gasteiger charge is -2.25. The van der Waals surface area contributed by atoms with Gasteiger partial charge in [0, 0.05) is 29.0 Å². The molecule has 2 aromatic rings. The van der Waals surface area contributed by atoms with Crippen LogP contribution in [0.5, 0.6) is 11.5 Å². The number of nitrogens with zero attached hydrogens (tertiary/aromatic N) is 1. The highest BCUT2D eigenvalue weighted by molar-refractivity contribution is 5.76. The second kappa shape index (κ2) is 8.90. The van der Waals surface area contributed by atoms with E-state index in [4.69, 9.17) is 14.2 Å². The number of hydrogen-bond donors (Lipinski definition) is 1. The Kier molecular flexibility index (Phi) is 6.48. The third-order valence-electron chi connectivity index (χ3n) is 4.51. The topological polar surface area (TPSA) is 69.7 Å².